The van der Waals surface area contributed by atoms with E-state index in [0.717, 1.165) is 35.6 Å². The summed E-state index contributed by atoms with van der Waals surface area (Å²) >= 11 is 12.6. The van der Waals surface area contributed by atoms with Crippen LogP contribution in [0.25, 0.3) is 0 Å². The van der Waals surface area contributed by atoms with E-state index in [1.807, 2.05) is 13.8 Å². The highest BCUT2D eigenvalue weighted by molar-refractivity contribution is 7.92. The Kier molecular flexibility index (Phi) is 11.0. The van der Waals surface area contributed by atoms with Gasteiger partial charge in [0.1, 0.15) is 18.3 Å². The molecule has 1 fully saturated rings. The Morgan fingerprint density at radius 1 is 1.02 bits per heavy atom. The zero-order valence-electron chi connectivity index (χ0n) is 24.6. The van der Waals surface area contributed by atoms with Gasteiger partial charge in [0.25, 0.3) is 10.0 Å². The van der Waals surface area contributed by atoms with E-state index in [4.69, 9.17) is 27.9 Å². The van der Waals surface area contributed by atoms with Crippen LogP contribution in [0.3, 0.4) is 0 Å². The maximum absolute atomic E-state index is 14.3. The summed E-state index contributed by atoms with van der Waals surface area (Å²) in [5.41, 5.74) is 1.58. The molecule has 11 heteroatoms. The standard InChI is InChI=1S/C32H37Cl2N3O5S/c1-4-28(32(39)35-25-10-8-9-11-25)36(20-23-15-16-24(33)19-27(23)34)31(38)21-37(29-18-22(2)14-17-30(29)42-3)43(40,41)26-12-6-5-7-13-26/h5-7,12-19,25,28H,4,8-11,20-21H2,1-3H3,(H,35,39)/t28-/m1/s1. The van der Waals surface area contributed by atoms with Gasteiger partial charge in [-0.05, 0) is 73.7 Å². The number of methoxy groups -OCH3 is 1. The maximum atomic E-state index is 14.3. The first kappa shape index (κ1) is 32.6. The molecule has 0 aromatic heterocycles. The number of aryl methyl sites for hydroxylation is 1. The summed E-state index contributed by atoms with van der Waals surface area (Å²) in [5.74, 6) is -0.558. The largest absolute Gasteiger partial charge is 0.495 e. The second-order valence-corrected chi connectivity index (χ2v) is 13.4. The summed E-state index contributed by atoms with van der Waals surface area (Å²) < 4.78 is 34.8. The highest BCUT2D eigenvalue weighted by Gasteiger charge is 2.35. The number of benzene rings is 3. The Balaban J connectivity index is 1.78. The first-order valence-electron chi connectivity index (χ1n) is 14.3. The maximum Gasteiger partial charge on any atom is 0.264 e. The molecule has 0 aliphatic heterocycles. The minimum absolute atomic E-state index is 0.0182. The molecule has 1 N–H and O–H groups in total. The van der Waals surface area contributed by atoms with Gasteiger partial charge in [-0.1, -0.05) is 73.3 Å². The van der Waals surface area contributed by atoms with Crippen LogP contribution in [0, 0.1) is 6.92 Å². The number of halogens is 2. The van der Waals surface area contributed by atoms with Crippen LogP contribution >= 0.6 is 23.2 Å². The highest BCUT2D eigenvalue weighted by Crippen LogP contribution is 2.34. The molecule has 0 radical (unpaired) electrons. The molecule has 3 aromatic rings. The number of sulfonamides is 1. The van der Waals surface area contributed by atoms with Crippen molar-refractivity contribution < 1.29 is 22.7 Å². The highest BCUT2D eigenvalue weighted by atomic mass is 35.5. The van der Waals surface area contributed by atoms with Crippen LogP contribution in [0.2, 0.25) is 10.0 Å². The second-order valence-electron chi connectivity index (χ2n) is 10.7. The number of ether oxygens (including phenoxy) is 1. The van der Waals surface area contributed by atoms with Crippen molar-refractivity contribution in [3.63, 3.8) is 0 Å². The Morgan fingerprint density at radius 3 is 2.35 bits per heavy atom. The molecule has 1 atom stereocenters. The van der Waals surface area contributed by atoms with Gasteiger partial charge in [-0.25, -0.2) is 8.42 Å². The molecular formula is C32H37Cl2N3O5S. The third-order valence-electron chi connectivity index (χ3n) is 7.66. The third kappa shape index (κ3) is 7.82. The lowest BCUT2D eigenvalue weighted by atomic mass is 10.1. The van der Waals surface area contributed by atoms with Crippen molar-refractivity contribution in [2.45, 2.75) is 69.5 Å². The van der Waals surface area contributed by atoms with Crippen LogP contribution in [0.5, 0.6) is 5.75 Å². The summed E-state index contributed by atoms with van der Waals surface area (Å²) in [6, 6.07) is 17.2. The first-order chi connectivity index (χ1) is 20.5. The zero-order chi connectivity index (χ0) is 31.1. The fraction of sp³-hybridized carbons (Fsp3) is 0.375. The van der Waals surface area contributed by atoms with Crippen LogP contribution in [-0.2, 0) is 26.2 Å². The molecule has 230 valence electrons. The molecule has 8 nitrogen and oxygen atoms in total. The number of hydrogen-bond acceptors (Lipinski definition) is 5. The van der Waals surface area contributed by atoms with Crippen molar-refractivity contribution in [2.24, 2.45) is 0 Å². The Morgan fingerprint density at radius 2 is 1.72 bits per heavy atom. The molecule has 0 spiro atoms. The minimum Gasteiger partial charge on any atom is -0.495 e. The molecular weight excluding hydrogens is 609 g/mol. The molecule has 43 heavy (non-hydrogen) atoms. The molecule has 1 aliphatic carbocycles. The lowest BCUT2D eigenvalue weighted by molar-refractivity contribution is -0.140. The summed E-state index contributed by atoms with van der Waals surface area (Å²) in [6.07, 6.45) is 4.16. The monoisotopic (exact) mass is 645 g/mol. The molecule has 0 saturated heterocycles. The fourth-order valence-corrected chi connectivity index (χ4v) is 7.25. The van der Waals surface area contributed by atoms with Gasteiger partial charge in [0.05, 0.1) is 17.7 Å². The van der Waals surface area contributed by atoms with Crippen LogP contribution in [0.4, 0.5) is 5.69 Å². The number of nitrogens with one attached hydrogen (secondary N) is 1. The smallest absolute Gasteiger partial charge is 0.264 e. The molecule has 1 aliphatic rings. The number of nitrogens with zero attached hydrogens (tertiary/aromatic N) is 2. The number of carbonyl (C=O) groups is 2. The minimum atomic E-state index is -4.23. The van der Waals surface area contributed by atoms with Crippen LogP contribution in [0.1, 0.15) is 50.2 Å². The van der Waals surface area contributed by atoms with Gasteiger partial charge in [-0.15, -0.1) is 0 Å². The molecule has 1 saturated carbocycles. The van der Waals surface area contributed by atoms with E-state index in [1.54, 1.807) is 54.6 Å². The fourth-order valence-electron chi connectivity index (χ4n) is 5.35. The van der Waals surface area contributed by atoms with Crippen molar-refractivity contribution in [1.82, 2.24) is 10.2 Å². The van der Waals surface area contributed by atoms with Gasteiger partial charge in [0.2, 0.25) is 11.8 Å². The number of amides is 2. The molecule has 0 heterocycles. The van der Waals surface area contributed by atoms with Crippen molar-refractivity contribution in [2.75, 3.05) is 18.0 Å². The van der Waals surface area contributed by atoms with Crippen LogP contribution < -0.4 is 14.4 Å². The van der Waals surface area contributed by atoms with Crippen molar-refractivity contribution >= 4 is 50.7 Å². The van der Waals surface area contributed by atoms with Crippen LogP contribution in [0.15, 0.2) is 71.6 Å². The van der Waals surface area contributed by atoms with Gasteiger partial charge in [-0.2, -0.15) is 0 Å². The Bertz CT molecular complexity index is 1550. The average Bonchev–Trinajstić information content (AvgIpc) is 3.50. The lowest BCUT2D eigenvalue weighted by Gasteiger charge is -2.34. The molecule has 0 unspecified atom stereocenters. The lowest BCUT2D eigenvalue weighted by Crippen LogP contribution is -2.53. The quantitative estimate of drug-likeness (QED) is 0.247. The van der Waals surface area contributed by atoms with E-state index in [1.165, 1.54) is 24.1 Å². The van der Waals surface area contributed by atoms with Crippen molar-refractivity contribution in [1.29, 1.82) is 0 Å². The first-order valence-corrected chi connectivity index (χ1v) is 16.5. The molecule has 4 rings (SSSR count). The number of rotatable bonds is 12. The topological polar surface area (TPSA) is 96.0 Å². The predicted octanol–water partition coefficient (Wildman–Crippen LogP) is 6.37. The van der Waals surface area contributed by atoms with E-state index in [0.29, 0.717) is 22.0 Å². The predicted molar refractivity (Wildman–Crippen MR) is 170 cm³/mol. The Labute approximate surface area is 264 Å². The van der Waals surface area contributed by atoms with E-state index in [9.17, 15) is 18.0 Å². The third-order valence-corrected chi connectivity index (χ3v) is 10.0. The van der Waals surface area contributed by atoms with E-state index >= 15 is 0 Å². The number of anilines is 1. The summed E-state index contributed by atoms with van der Waals surface area (Å²) in [7, 11) is -2.79. The van der Waals surface area contributed by atoms with Crippen molar-refractivity contribution in [3.8, 4) is 5.75 Å². The summed E-state index contributed by atoms with van der Waals surface area (Å²) in [5, 5.41) is 3.88. The van der Waals surface area contributed by atoms with E-state index in [-0.39, 0.29) is 34.8 Å². The molecule has 0 bridgehead atoms. The van der Waals surface area contributed by atoms with Crippen LogP contribution in [-0.4, -0.2) is 50.9 Å². The van der Waals surface area contributed by atoms with Crippen molar-refractivity contribution in [3.05, 3.63) is 87.9 Å². The Hall–Kier alpha value is -3.27. The van der Waals surface area contributed by atoms with Gasteiger partial charge in [-0.3, -0.25) is 13.9 Å². The van der Waals surface area contributed by atoms with Gasteiger partial charge >= 0.3 is 0 Å². The second kappa shape index (κ2) is 14.5. The summed E-state index contributed by atoms with van der Waals surface area (Å²) in [6.45, 7) is 3.06. The van der Waals surface area contributed by atoms with E-state index < -0.39 is 28.5 Å². The zero-order valence-corrected chi connectivity index (χ0v) is 26.9. The normalized spacial score (nSPS) is 14.3. The van der Waals surface area contributed by atoms with Gasteiger partial charge in [0.15, 0.2) is 0 Å². The van der Waals surface area contributed by atoms with Gasteiger partial charge < -0.3 is 15.0 Å². The number of hydrogen-bond donors (Lipinski definition) is 1. The SMILES string of the molecule is CC[C@H](C(=O)NC1CCCC1)N(Cc1ccc(Cl)cc1Cl)C(=O)CN(c1cc(C)ccc1OC)S(=O)(=O)c1ccccc1. The summed E-state index contributed by atoms with van der Waals surface area (Å²) in [4.78, 5) is 29.4. The average molecular weight is 647 g/mol. The molecule has 2 amide bonds. The number of carbonyl (C=O) groups excluding carboxylic acids is 2. The van der Waals surface area contributed by atoms with Gasteiger partial charge in [0, 0.05) is 22.6 Å². The molecule has 3 aromatic carbocycles. The van der Waals surface area contributed by atoms with E-state index in [2.05, 4.69) is 5.32 Å².